The predicted octanol–water partition coefficient (Wildman–Crippen LogP) is 1.92. The zero-order chi connectivity index (χ0) is 18.4. The molecule has 7 nitrogen and oxygen atoms in total. The van der Waals surface area contributed by atoms with Crippen LogP contribution in [0.15, 0.2) is 30.5 Å². The van der Waals surface area contributed by atoms with Crippen LogP contribution >= 0.6 is 0 Å². The van der Waals surface area contributed by atoms with E-state index in [4.69, 9.17) is 5.21 Å². The number of aromatic amines is 1. The number of nitrogens with one attached hydrogen (secondary N) is 3. The normalized spacial score (nSPS) is 14.8. The molecule has 7 heteroatoms. The van der Waals surface area contributed by atoms with E-state index in [2.05, 4.69) is 10.3 Å². The van der Waals surface area contributed by atoms with E-state index in [1.807, 2.05) is 44.3 Å². The smallest absolute Gasteiger partial charge is 0.321 e. The Labute approximate surface area is 146 Å². The molecule has 0 saturated heterocycles. The van der Waals surface area contributed by atoms with Gasteiger partial charge in [-0.3, -0.25) is 14.8 Å². The molecule has 0 bridgehead atoms. The van der Waals surface area contributed by atoms with Gasteiger partial charge in [0.1, 0.15) is 6.04 Å². The highest BCUT2D eigenvalue weighted by Gasteiger charge is 2.27. The van der Waals surface area contributed by atoms with Crippen LogP contribution in [0.3, 0.4) is 0 Å². The first-order valence-electron chi connectivity index (χ1n) is 8.43. The summed E-state index contributed by atoms with van der Waals surface area (Å²) in [6.45, 7) is 4.03. The van der Waals surface area contributed by atoms with Crippen molar-refractivity contribution < 1.29 is 19.9 Å². The number of para-hydroxylation sites is 1. The first-order chi connectivity index (χ1) is 12.0. The summed E-state index contributed by atoms with van der Waals surface area (Å²) in [6.07, 6.45) is 2.86. The molecule has 3 atom stereocenters. The van der Waals surface area contributed by atoms with E-state index in [1.54, 1.807) is 5.48 Å². The summed E-state index contributed by atoms with van der Waals surface area (Å²) in [5.74, 6) is -1.96. The number of hydrogen-bond donors (Lipinski definition) is 5. The molecule has 3 unspecified atom stereocenters. The maximum absolute atomic E-state index is 11.8. The Hall–Kier alpha value is -2.38. The molecule has 1 aromatic carbocycles. The molecule has 2 rings (SSSR count). The molecule has 5 N–H and O–H groups in total. The number of rotatable bonds is 9. The van der Waals surface area contributed by atoms with Crippen molar-refractivity contribution in [1.82, 2.24) is 15.8 Å². The fourth-order valence-corrected chi connectivity index (χ4v) is 2.96. The number of benzene rings is 1. The summed E-state index contributed by atoms with van der Waals surface area (Å²) < 4.78 is 0. The largest absolute Gasteiger partial charge is 0.480 e. The number of H-pyrrole nitrogens is 1. The van der Waals surface area contributed by atoms with Gasteiger partial charge in [0.2, 0.25) is 5.91 Å². The lowest BCUT2D eigenvalue weighted by atomic mass is 9.90. The highest BCUT2D eigenvalue weighted by molar-refractivity contribution is 5.84. The number of hydrogen-bond acceptors (Lipinski definition) is 4. The minimum absolute atomic E-state index is 0.0159. The van der Waals surface area contributed by atoms with Crippen molar-refractivity contribution in [3.63, 3.8) is 0 Å². The fraction of sp³-hybridized carbons (Fsp3) is 0.444. The van der Waals surface area contributed by atoms with Crippen LogP contribution in [0, 0.1) is 11.8 Å². The lowest BCUT2D eigenvalue weighted by Gasteiger charge is -2.23. The Kier molecular flexibility index (Phi) is 6.55. The highest BCUT2D eigenvalue weighted by Crippen LogP contribution is 2.20. The van der Waals surface area contributed by atoms with Crippen LogP contribution in [-0.4, -0.2) is 39.8 Å². The van der Waals surface area contributed by atoms with Gasteiger partial charge < -0.3 is 15.4 Å². The predicted molar refractivity (Wildman–Crippen MR) is 94.3 cm³/mol. The molecule has 0 radical (unpaired) electrons. The third-order valence-electron chi connectivity index (χ3n) is 4.76. The number of aliphatic carboxylic acids is 1. The van der Waals surface area contributed by atoms with Gasteiger partial charge in [-0.1, -0.05) is 38.5 Å². The summed E-state index contributed by atoms with van der Waals surface area (Å²) >= 11 is 0. The van der Waals surface area contributed by atoms with E-state index in [0.29, 0.717) is 6.42 Å². The molecule has 0 aliphatic heterocycles. The number of carbonyl (C=O) groups is 2. The van der Waals surface area contributed by atoms with E-state index >= 15 is 0 Å². The summed E-state index contributed by atoms with van der Waals surface area (Å²) in [7, 11) is 0. The van der Waals surface area contributed by atoms with E-state index in [1.165, 1.54) is 0 Å². The molecular weight excluding hydrogens is 322 g/mol. The van der Waals surface area contributed by atoms with Crippen LogP contribution in [0.4, 0.5) is 0 Å². The molecule has 0 saturated carbocycles. The second-order valence-corrected chi connectivity index (χ2v) is 6.33. The SMILES string of the molecule is CCC(C)C(CNC(Cc1c[nH]c2ccccc12)C(=O)O)C(=O)NO. The second-order valence-electron chi connectivity index (χ2n) is 6.33. The van der Waals surface area contributed by atoms with E-state index in [0.717, 1.165) is 22.9 Å². The minimum atomic E-state index is -0.974. The maximum Gasteiger partial charge on any atom is 0.321 e. The molecule has 1 aromatic heterocycles. The second kappa shape index (κ2) is 8.64. The summed E-state index contributed by atoms with van der Waals surface area (Å²) in [6, 6.07) is 6.89. The number of fused-ring (bicyclic) bond motifs is 1. The van der Waals surface area contributed by atoms with Crippen LogP contribution in [0.2, 0.25) is 0 Å². The molecule has 136 valence electrons. The molecule has 2 aromatic rings. The van der Waals surface area contributed by atoms with Gasteiger partial charge in [-0.15, -0.1) is 0 Å². The molecule has 0 aliphatic carbocycles. The standard InChI is InChI=1S/C18H25N3O4/c1-3-11(2)14(17(22)21-25)10-20-16(18(23)24)8-12-9-19-15-7-5-4-6-13(12)15/h4-7,9,11,14,16,19-20,25H,3,8,10H2,1-2H3,(H,21,22)(H,23,24). The van der Waals surface area contributed by atoms with Gasteiger partial charge in [-0.05, 0) is 17.5 Å². The van der Waals surface area contributed by atoms with Crippen LogP contribution in [-0.2, 0) is 16.0 Å². The van der Waals surface area contributed by atoms with Gasteiger partial charge in [-0.25, -0.2) is 5.48 Å². The van der Waals surface area contributed by atoms with E-state index < -0.39 is 23.8 Å². The number of aromatic nitrogens is 1. The van der Waals surface area contributed by atoms with Crippen LogP contribution in [0.5, 0.6) is 0 Å². The van der Waals surface area contributed by atoms with Crippen molar-refractivity contribution in [1.29, 1.82) is 0 Å². The molecule has 1 heterocycles. The monoisotopic (exact) mass is 347 g/mol. The van der Waals surface area contributed by atoms with Crippen molar-refractivity contribution in [2.75, 3.05) is 6.54 Å². The van der Waals surface area contributed by atoms with Crippen molar-refractivity contribution in [2.45, 2.75) is 32.7 Å². The average Bonchev–Trinajstić information content (AvgIpc) is 3.03. The molecule has 0 aliphatic rings. The van der Waals surface area contributed by atoms with Crippen LogP contribution in [0.1, 0.15) is 25.8 Å². The topological polar surface area (TPSA) is 114 Å². The highest BCUT2D eigenvalue weighted by atomic mass is 16.5. The molecule has 0 fully saturated rings. The van der Waals surface area contributed by atoms with Crippen molar-refractivity contribution in [3.8, 4) is 0 Å². The van der Waals surface area contributed by atoms with Crippen LogP contribution < -0.4 is 10.8 Å². The van der Waals surface area contributed by atoms with Crippen molar-refractivity contribution in [2.24, 2.45) is 11.8 Å². The Balaban J connectivity index is 2.10. The lowest BCUT2D eigenvalue weighted by Crippen LogP contribution is -2.45. The summed E-state index contributed by atoms with van der Waals surface area (Å²) in [4.78, 5) is 26.6. The van der Waals surface area contributed by atoms with Crippen molar-refractivity contribution >= 4 is 22.8 Å². The van der Waals surface area contributed by atoms with E-state index in [-0.39, 0.29) is 12.5 Å². The number of carboxylic acids is 1. The van der Waals surface area contributed by atoms with Gasteiger partial charge >= 0.3 is 5.97 Å². The Morgan fingerprint density at radius 2 is 2.00 bits per heavy atom. The third-order valence-corrected chi connectivity index (χ3v) is 4.76. The fourth-order valence-electron chi connectivity index (χ4n) is 2.96. The first-order valence-corrected chi connectivity index (χ1v) is 8.43. The lowest BCUT2D eigenvalue weighted by molar-refractivity contribution is -0.140. The average molecular weight is 347 g/mol. The first kappa shape index (κ1) is 19.0. The van der Waals surface area contributed by atoms with Gasteiger partial charge in [-0.2, -0.15) is 0 Å². The van der Waals surface area contributed by atoms with E-state index in [9.17, 15) is 14.7 Å². The Bertz CT molecular complexity index is 728. The number of hydroxylamine groups is 1. The minimum Gasteiger partial charge on any atom is -0.480 e. The van der Waals surface area contributed by atoms with Crippen LogP contribution in [0.25, 0.3) is 10.9 Å². The Morgan fingerprint density at radius 3 is 2.64 bits per heavy atom. The summed E-state index contributed by atoms with van der Waals surface area (Å²) in [5, 5.41) is 22.4. The molecule has 25 heavy (non-hydrogen) atoms. The molecule has 0 spiro atoms. The quantitative estimate of drug-likeness (QED) is 0.351. The maximum atomic E-state index is 11.8. The van der Waals surface area contributed by atoms with Gasteiger partial charge in [0.25, 0.3) is 0 Å². The number of carbonyl (C=O) groups excluding carboxylic acids is 1. The third kappa shape index (κ3) is 4.58. The van der Waals surface area contributed by atoms with Gasteiger partial charge in [0.05, 0.1) is 5.92 Å². The number of carboxylic acid groups (broad SMARTS) is 1. The zero-order valence-electron chi connectivity index (χ0n) is 14.5. The van der Waals surface area contributed by atoms with Gasteiger partial charge in [0.15, 0.2) is 0 Å². The molecular formula is C18H25N3O4. The Morgan fingerprint density at radius 1 is 1.28 bits per heavy atom. The zero-order valence-corrected chi connectivity index (χ0v) is 14.5. The number of amides is 1. The molecule has 1 amide bonds. The summed E-state index contributed by atoms with van der Waals surface area (Å²) in [5.41, 5.74) is 3.53. The van der Waals surface area contributed by atoms with Gasteiger partial charge in [0, 0.05) is 30.1 Å². The van der Waals surface area contributed by atoms with Crippen molar-refractivity contribution in [3.05, 3.63) is 36.0 Å².